The average Bonchev–Trinajstić information content (AvgIpc) is 0.918. The van der Waals surface area contributed by atoms with Gasteiger partial charge < -0.3 is 0 Å². The van der Waals surface area contributed by atoms with Gasteiger partial charge in [-0.2, -0.15) is 0 Å². The number of rotatable bonds is 0. The SMILES string of the molecule is [Cu].[Se]=S=[Se].[SnH2].[Zn]. The van der Waals surface area contributed by atoms with Gasteiger partial charge in [-0.05, 0) is 0 Å². The maximum absolute atomic E-state index is 2.67. The van der Waals surface area contributed by atoms with Gasteiger partial charge in [0, 0.05) is 36.5 Å². The van der Waals surface area contributed by atoms with Crippen molar-refractivity contribution in [2.75, 3.05) is 0 Å². The fourth-order valence-electron chi connectivity index (χ4n) is 0. The van der Waals surface area contributed by atoms with Crippen LogP contribution in [0.2, 0.25) is 0 Å². The molecule has 0 nitrogen and oxygen atoms in total. The van der Waals surface area contributed by atoms with Crippen molar-refractivity contribution in [3.63, 3.8) is 0 Å². The third-order valence-electron chi connectivity index (χ3n) is 0. The Morgan fingerprint density at radius 2 is 1.17 bits per heavy atom. The normalized spacial score (nSPS) is 2.00. The molecule has 0 atom stereocenters. The summed E-state index contributed by atoms with van der Waals surface area (Å²) >= 11 is 5.33. The molecule has 0 rings (SSSR count). The van der Waals surface area contributed by atoms with Crippen LogP contribution in [0.4, 0.5) is 0 Å². The summed E-state index contributed by atoms with van der Waals surface area (Å²) in [6, 6.07) is 0. The summed E-state index contributed by atoms with van der Waals surface area (Å²) in [6.07, 6.45) is 0. The third-order valence-corrected chi connectivity index (χ3v) is 0. The van der Waals surface area contributed by atoms with Gasteiger partial charge in [0.2, 0.25) is 0 Å². The molecule has 0 aliphatic heterocycles. The van der Waals surface area contributed by atoms with Crippen LogP contribution in [0.15, 0.2) is 0 Å². The van der Waals surface area contributed by atoms with Gasteiger partial charge in [-0.25, -0.2) is 0 Å². The largest absolute Gasteiger partial charge is 0 e. The molecule has 0 aromatic heterocycles. The summed E-state index contributed by atoms with van der Waals surface area (Å²) in [4.78, 5) is 0. The molecule has 0 aliphatic rings. The Hall–Kier alpha value is 3.20. The molecule has 0 saturated heterocycles. The van der Waals surface area contributed by atoms with Crippen LogP contribution in [0.1, 0.15) is 0 Å². The van der Waals surface area contributed by atoms with E-state index in [0.29, 0.717) is 0 Å². The molecule has 0 heterocycles. The Morgan fingerprint density at radius 1 is 1.17 bits per heavy atom. The fourth-order valence-corrected chi connectivity index (χ4v) is 0. The van der Waals surface area contributed by atoms with Gasteiger partial charge in [0.1, 0.15) is 0 Å². The molecular formula is H2CuSSe2SnZn. The zero-order valence-corrected chi connectivity index (χ0v) is 15.1. The van der Waals surface area contributed by atoms with Crippen LogP contribution in [0.5, 0.6) is 0 Å². The molecule has 0 spiro atoms. The first-order valence-corrected chi connectivity index (χ1v) is 5.20. The van der Waals surface area contributed by atoms with E-state index in [1.54, 1.807) is 0 Å². The second-order valence-corrected chi connectivity index (χ2v) is 5.51. The first-order valence-electron chi connectivity index (χ1n) is 0.333. The van der Waals surface area contributed by atoms with Gasteiger partial charge in [-0.3, -0.25) is 0 Å². The maximum atomic E-state index is 2.67. The van der Waals surface area contributed by atoms with Crippen molar-refractivity contribution in [1.82, 2.24) is 0 Å². The Kier molecular flexibility index (Phi) is 91.9. The Balaban J connectivity index is -0.00000000667. The minimum absolute atomic E-state index is 0. The molecule has 0 amide bonds. The number of hydrogen-bond acceptors (Lipinski definition) is 0. The van der Waals surface area contributed by atoms with Crippen molar-refractivity contribution in [3.05, 3.63) is 0 Å². The third kappa shape index (κ3) is 27.0. The molecule has 0 aromatic rings. The van der Waals surface area contributed by atoms with Gasteiger partial charge in [0.15, 0.2) is 0 Å². The Bertz CT molecular complexity index is 34.5. The quantitative estimate of drug-likeness (QED) is 0.424. The van der Waals surface area contributed by atoms with Crippen molar-refractivity contribution in [2.45, 2.75) is 0 Å². The van der Waals surface area contributed by atoms with E-state index in [9.17, 15) is 0 Å². The zero-order valence-electron chi connectivity index (χ0n) is 2.94. The average molecular weight is 440 g/mol. The first kappa shape index (κ1) is 22.9. The van der Waals surface area contributed by atoms with Crippen molar-refractivity contribution in [3.8, 4) is 0 Å². The molecule has 0 aliphatic carbocycles. The van der Waals surface area contributed by atoms with Crippen LogP contribution in [-0.4, -0.2) is 52.7 Å². The second kappa shape index (κ2) is 24.1. The van der Waals surface area contributed by atoms with Crippen molar-refractivity contribution in [2.24, 2.45) is 0 Å². The van der Waals surface area contributed by atoms with E-state index in [4.69, 9.17) is 0 Å². The van der Waals surface area contributed by atoms with Crippen LogP contribution in [0.3, 0.4) is 0 Å². The van der Waals surface area contributed by atoms with Gasteiger partial charge >= 0.3 is 60.3 Å². The Labute approximate surface area is 95.1 Å². The summed E-state index contributed by atoms with van der Waals surface area (Å²) in [7, 11) is 1.50. The van der Waals surface area contributed by atoms with Crippen LogP contribution >= 0.6 is 7.61 Å². The molecular weight excluding hydrogens is 438 g/mol. The fraction of sp³-hybridized carbons (Fsp3) is 0. The molecule has 0 fully saturated rings. The monoisotopic (exact) mass is 441 g/mol. The number of hydrogen-bond donors (Lipinski definition) is 0. The van der Waals surface area contributed by atoms with E-state index in [2.05, 4.69) is 28.8 Å². The van der Waals surface area contributed by atoms with E-state index in [0.717, 1.165) is 0 Å². The summed E-state index contributed by atoms with van der Waals surface area (Å²) in [5.41, 5.74) is 0. The van der Waals surface area contributed by atoms with E-state index < -0.39 is 0 Å². The van der Waals surface area contributed by atoms with E-state index in [1.807, 2.05) is 0 Å². The molecule has 37 valence electrons. The van der Waals surface area contributed by atoms with E-state index >= 15 is 0 Å². The van der Waals surface area contributed by atoms with Crippen molar-refractivity contribution in [1.29, 1.82) is 0 Å². The molecule has 0 bridgehead atoms. The maximum Gasteiger partial charge on any atom is 0 e. The first-order chi connectivity index (χ1) is 1.41. The van der Waals surface area contributed by atoms with E-state index in [-0.39, 0.29) is 60.5 Å². The molecule has 6 heteroatoms. The molecule has 3 radical (unpaired) electrons. The summed E-state index contributed by atoms with van der Waals surface area (Å²) in [5, 5.41) is 0. The molecule has 0 aromatic carbocycles. The standard InChI is InChI=1S/Cu.SSe2.Sn.Zn.2H/c;2-1-3;;;;. The summed E-state index contributed by atoms with van der Waals surface area (Å²) in [6.45, 7) is 0. The summed E-state index contributed by atoms with van der Waals surface area (Å²) in [5.74, 6) is 0. The smallest absolute Gasteiger partial charge is 0 e. The molecule has 0 N–H and O–H groups in total. The van der Waals surface area contributed by atoms with Crippen LogP contribution in [0.25, 0.3) is 0 Å². The van der Waals surface area contributed by atoms with Crippen LogP contribution in [0, 0.1) is 0 Å². The van der Waals surface area contributed by atoms with Gasteiger partial charge in [-0.15, -0.1) is 0 Å². The second-order valence-electron chi connectivity index (χ2n) is 0.0680. The van der Waals surface area contributed by atoms with Crippen molar-refractivity contribution < 1.29 is 36.5 Å². The van der Waals surface area contributed by atoms with Gasteiger partial charge in [-0.1, -0.05) is 0 Å². The molecule has 0 unspecified atom stereocenters. The zero-order chi connectivity index (χ0) is 2.71. The summed E-state index contributed by atoms with van der Waals surface area (Å²) < 4.78 is 0. The minimum atomic E-state index is 0. The Morgan fingerprint density at radius 3 is 1.17 bits per heavy atom. The van der Waals surface area contributed by atoms with Crippen molar-refractivity contribution >= 4 is 60.3 Å². The molecule has 0 saturated carbocycles. The minimum Gasteiger partial charge on any atom is 0 e. The van der Waals surface area contributed by atoms with Gasteiger partial charge in [0.05, 0.1) is 0 Å². The van der Waals surface area contributed by atoms with Crippen LogP contribution in [-0.2, 0) is 36.5 Å². The topological polar surface area (TPSA) is 0 Å². The van der Waals surface area contributed by atoms with Gasteiger partial charge in [0.25, 0.3) is 0 Å². The molecule has 6 heavy (non-hydrogen) atoms. The van der Waals surface area contributed by atoms with E-state index in [1.165, 1.54) is 7.61 Å². The predicted molar refractivity (Wildman–Crippen MR) is 27.6 cm³/mol. The van der Waals surface area contributed by atoms with Crippen LogP contribution < -0.4 is 0 Å². The predicted octanol–water partition coefficient (Wildman–Crippen LogP) is -1.03.